The van der Waals surface area contributed by atoms with Gasteiger partial charge in [-0.15, -0.1) is 0 Å². The average molecular weight is 373 g/mol. The lowest BCUT2D eigenvalue weighted by molar-refractivity contribution is 0.290. The number of aromatic nitrogens is 3. The molecular weight excluding hydrogens is 356 g/mol. The van der Waals surface area contributed by atoms with Crippen LogP contribution in [0.1, 0.15) is 22.5 Å². The number of aromatic amines is 1. The van der Waals surface area contributed by atoms with E-state index in [1.54, 1.807) is 6.21 Å². The molecule has 1 heterocycles. The number of aryl methyl sites for hydroxylation is 2. The molecule has 0 unspecified atom stereocenters. The number of halogens is 1. The predicted molar refractivity (Wildman–Crippen MR) is 102 cm³/mol. The van der Waals surface area contributed by atoms with Crippen LogP contribution in [-0.4, -0.2) is 21.1 Å². The van der Waals surface area contributed by atoms with Gasteiger partial charge in [-0.25, -0.2) is 5.10 Å². The third-order valence-electron chi connectivity index (χ3n) is 3.50. The van der Waals surface area contributed by atoms with E-state index in [9.17, 15) is 0 Å². The van der Waals surface area contributed by atoms with Gasteiger partial charge in [-0.1, -0.05) is 35.9 Å². The van der Waals surface area contributed by atoms with Gasteiger partial charge >= 0.3 is 0 Å². The number of nitrogens with zero attached hydrogens (tertiary/aromatic N) is 3. The van der Waals surface area contributed by atoms with E-state index >= 15 is 0 Å². The van der Waals surface area contributed by atoms with E-state index < -0.39 is 0 Å². The highest BCUT2D eigenvalue weighted by Crippen LogP contribution is 2.17. The molecule has 0 amide bonds. The van der Waals surface area contributed by atoms with E-state index in [0.29, 0.717) is 15.6 Å². The van der Waals surface area contributed by atoms with Crippen LogP contribution in [0.25, 0.3) is 0 Å². The molecule has 1 aromatic heterocycles. The highest BCUT2D eigenvalue weighted by Gasteiger charge is 2.07. The topological polar surface area (TPSA) is 55.2 Å². The molecule has 0 radical (unpaired) electrons. The Hall–Kier alpha value is -2.44. The highest BCUT2D eigenvalue weighted by atomic mass is 35.5. The Balaban J connectivity index is 1.80. The monoisotopic (exact) mass is 372 g/mol. The fourth-order valence-electron chi connectivity index (χ4n) is 2.40. The van der Waals surface area contributed by atoms with Gasteiger partial charge < -0.3 is 4.74 Å². The van der Waals surface area contributed by atoms with Crippen LogP contribution in [0.15, 0.2) is 47.6 Å². The van der Waals surface area contributed by atoms with Gasteiger partial charge in [0.15, 0.2) is 5.82 Å². The second-order valence-corrected chi connectivity index (χ2v) is 6.43. The van der Waals surface area contributed by atoms with Crippen molar-refractivity contribution < 1.29 is 4.74 Å². The Kier molecular flexibility index (Phi) is 5.31. The second-order valence-electron chi connectivity index (χ2n) is 5.63. The van der Waals surface area contributed by atoms with Gasteiger partial charge in [0.1, 0.15) is 12.4 Å². The maximum absolute atomic E-state index is 6.14. The van der Waals surface area contributed by atoms with Crippen molar-refractivity contribution in [2.24, 2.45) is 5.10 Å². The number of ether oxygens (including phenoxy) is 1. The van der Waals surface area contributed by atoms with Crippen LogP contribution in [0.4, 0.5) is 0 Å². The molecule has 1 N–H and O–H groups in total. The minimum absolute atomic E-state index is 0.246. The molecule has 25 heavy (non-hydrogen) atoms. The Bertz CT molecular complexity index is 957. The molecule has 5 nitrogen and oxygen atoms in total. The molecule has 0 saturated carbocycles. The van der Waals surface area contributed by atoms with Crippen LogP contribution >= 0.6 is 23.8 Å². The third kappa shape index (κ3) is 4.35. The summed E-state index contributed by atoms with van der Waals surface area (Å²) in [4.78, 5) is 0. The molecular formula is C18H17ClN4OS. The van der Waals surface area contributed by atoms with Crippen LogP contribution < -0.4 is 4.74 Å². The molecule has 3 rings (SSSR count). The first kappa shape index (κ1) is 17.4. The summed E-state index contributed by atoms with van der Waals surface area (Å²) in [7, 11) is 0. The molecule has 0 aliphatic rings. The molecule has 7 heteroatoms. The van der Waals surface area contributed by atoms with Crippen molar-refractivity contribution in [3.63, 3.8) is 0 Å². The molecule has 0 fully saturated rings. The van der Waals surface area contributed by atoms with Gasteiger partial charge in [-0.05, 0) is 55.4 Å². The van der Waals surface area contributed by atoms with Gasteiger partial charge in [-0.2, -0.15) is 14.9 Å². The van der Waals surface area contributed by atoms with E-state index in [1.807, 2.05) is 50.2 Å². The fraction of sp³-hybridized carbons (Fsp3) is 0.167. The first-order valence-corrected chi connectivity index (χ1v) is 8.48. The first-order valence-electron chi connectivity index (χ1n) is 7.69. The molecule has 0 aliphatic carbocycles. The summed E-state index contributed by atoms with van der Waals surface area (Å²) < 4.78 is 7.75. The largest absolute Gasteiger partial charge is 0.486 e. The second kappa shape index (κ2) is 7.63. The summed E-state index contributed by atoms with van der Waals surface area (Å²) in [5, 5.41) is 11.9. The van der Waals surface area contributed by atoms with Crippen molar-refractivity contribution >= 4 is 30.0 Å². The first-order chi connectivity index (χ1) is 12.0. The SMILES string of the molecule is Cc1cc(C)cc(OCc2n[nH]c(=S)n2/N=C\c2ccccc2Cl)c1. The van der Waals surface area contributed by atoms with Crippen molar-refractivity contribution in [2.75, 3.05) is 0 Å². The molecule has 0 spiro atoms. The summed E-state index contributed by atoms with van der Waals surface area (Å²) in [6.45, 7) is 4.31. The van der Waals surface area contributed by atoms with Crippen LogP contribution in [-0.2, 0) is 6.61 Å². The van der Waals surface area contributed by atoms with Crippen LogP contribution in [0.2, 0.25) is 5.02 Å². The number of hydrogen-bond donors (Lipinski definition) is 1. The fourth-order valence-corrected chi connectivity index (χ4v) is 2.78. The molecule has 0 aliphatic heterocycles. The van der Waals surface area contributed by atoms with Gasteiger partial charge in [-0.3, -0.25) is 0 Å². The van der Waals surface area contributed by atoms with Crippen molar-refractivity contribution in [2.45, 2.75) is 20.5 Å². The van der Waals surface area contributed by atoms with E-state index in [2.05, 4.69) is 21.4 Å². The minimum atomic E-state index is 0.246. The Morgan fingerprint density at radius 3 is 2.68 bits per heavy atom. The third-order valence-corrected chi connectivity index (χ3v) is 4.11. The lowest BCUT2D eigenvalue weighted by atomic mass is 10.1. The van der Waals surface area contributed by atoms with Gasteiger partial charge in [0.25, 0.3) is 0 Å². The van der Waals surface area contributed by atoms with Crippen LogP contribution in [0, 0.1) is 18.6 Å². The average Bonchev–Trinajstić information content (AvgIpc) is 2.91. The summed E-state index contributed by atoms with van der Waals surface area (Å²) in [5.41, 5.74) is 3.09. The number of benzene rings is 2. The number of H-pyrrole nitrogens is 1. The normalized spacial score (nSPS) is 11.2. The van der Waals surface area contributed by atoms with Gasteiger partial charge in [0.2, 0.25) is 4.77 Å². The number of rotatable bonds is 5. The Morgan fingerprint density at radius 1 is 1.24 bits per heavy atom. The molecule has 128 valence electrons. The van der Waals surface area contributed by atoms with Crippen molar-refractivity contribution in [1.82, 2.24) is 14.9 Å². The zero-order chi connectivity index (χ0) is 17.8. The quantitative estimate of drug-likeness (QED) is 0.523. The zero-order valence-electron chi connectivity index (χ0n) is 13.9. The minimum Gasteiger partial charge on any atom is -0.486 e. The zero-order valence-corrected chi connectivity index (χ0v) is 15.4. The number of nitrogens with one attached hydrogen (secondary N) is 1. The standard InChI is InChI=1S/C18H17ClN4OS/c1-12-7-13(2)9-15(8-12)24-11-17-21-22-18(25)23(17)20-10-14-5-3-4-6-16(14)19/h3-10H,11H2,1-2H3,(H,22,25)/b20-10-. The summed E-state index contributed by atoms with van der Waals surface area (Å²) in [5.74, 6) is 1.36. The van der Waals surface area contributed by atoms with E-state index in [4.69, 9.17) is 28.6 Å². The van der Waals surface area contributed by atoms with Gasteiger partial charge in [0, 0.05) is 10.6 Å². The van der Waals surface area contributed by atoms with Crippen LogP contribution in [0.5, 0.6) is 5.75 Å². The highest BCUT2D eigenvalue weighted by molar-refractivity contribution is 7.71. The van der Waals surface area contributed by atoms with E-state index in [0.717, 1.165) is 22.4 Å². The molecule has 0 atom stereocenters. The van der Waals surface area contributed by atoms with Gasteiger partial charge in [0.05, 0.1) is 6.21 Å². The number of hydrogen-bond acceptors (Lipinski definition) is 4. The smallest absolute Gasteiger partial charge is 0.216 e. The van der Waals surface area contributed by atoms with Crippen molar-refractivity contribution in [1.29, 1.82) is 0 Å². The molecule has 0 bridgehead atoms. The summed E-state index contributed by atoms with van der Waals surface area (Å²) in [6, 6.07) is 13.5. The Morgan fingerprint density at radius 2 is 1.96 bits per heavy atom. The maximum Gasteiger partial charge on any atom is 0.216 e. The summed E-state index contributed by atoms with van der Waals surface area (Å²) in [6.07, 6.45) is 1.65. The van der Waals surface area contributed by atoms with Crippen molar-refractivity contribution in [3.05, 3.63) is 74.8 Å². The Labute approximate surface area is 155 Å². The molecule has 0 saturated heterocycles. The molecule has 3 aromatic rings. The lowest BCUT2D eigenvalue weighted by Gasteiger charge is -2.07. The predicted octanol–water partition coefficient (Wildman–Crippen LogP) is 4.67. The van der Waals surface area contributed by atoms with Crippen LogP contribution in [0.3, 0.4) is 0 Å². The molecule has 2 aromatic carbocycles. The lowest BCUT2D eigenvalue weighted by Crippen LogP contribution is -2.04. The maximum atomic E-state index is 6.14. The van der Waals surface area contributed by atoms with Crippen molar-refractivity contribution in [3.8, 4) is 5.75 Å². The van der Waals surface area contributed by atoms with E-state index in [1.165, 1.54) is 4.68 Å². The van der Waals surface area contributed by atoms with E-state index in [-0.39, 0.29) is 6.61 Å². The summed E-state index contributed by atoms with van der Waals surface area (Å²) >= 11 is 11.4.